The molecule has 9 nitrogen and oxygen atoms in total. The lowest BCUT2D eigenvalue weighted by molar-refractivity contribution is 0.00533. The topological polar surface area (TPSA) is 95.2 Å². The van der Waals surface area contributed by atoms with Crippen LogP contribution in [0, 0.1) is 5.82 Å². The van der Waals surface area contributed by atoms with Crippen molar-refractivity contribution in [2.45, 2.75) is 96.1 Å². The number of rotatable bonds is 15. The van der Waals surface area contributed by atoms with E-state index in [-0.39, 0.29) is 31.6 Å². The number of imidazole rings is 1. The van der Waals surface area contributed by atoms with Gasteiger partial charge in [-0.3, -0.25) is 9.13 Å². The highest BCUT2D eigenvalue weighted by Crippen LogP contribution is 2.39. The van der Waals surface area contributed by atoms with E-state index in [1.54, 1.807) is 27.3 Å². The lowest BCUT2D eigenvalue weighted by Crippen LogP contribution is -2.47. The second-order valence-corrected chi connectivity index (χ2v) is 26.9. The van der Waals surface area contributed by atoms with E-state index >= 15 is 0 Å². The van der Waals surface area contributed by atoms with Gasteiger partial charge in [-0.15, -0.1) is 0 Å². The molecule has 13 heteroatoms. The summed E-state index contributed by atoms with van der Waals surface area (Å²) in [5, 5.41) is 10.0. The van der Waals surface area contributed by atoms with E-state index in [1.165, 1.54) is 17.0 Å². The van der Waals surface area contributed by atoms with Crippen LogP contribution in [0.15, 0.2) is 41.2 Å². The first kappa shape index (κ1) is 37.3. The highest BCUT2D eigenvalue weighted by atomic mass is 35.5. The Morgan fingerprint density at radius 3 is 2.04 bits per heavy atom. The van der Waals surface area contributed by atoms with Gasteiger partial charge in [-0.1, -0.05) is 63.0 Å². The Kier molecular flexibility index (Phi) is 12.2. The van der Waals surface area contributed by atoms with Crippen LogP contribution < -0.4 is 5.69 Å². The number of piperidine rings is 1. The second kappa shape index (κ2) is 15.4. The minimum Gasteiger partial charge on any atom is -0.465 e. The average molecular weight is 708 g/mol. The maximum Gasteiger partial charge on any atom is 0.407 e. The third kappa shape index (κ3) is 9.79. The number of carbonyl (C=O) groups is 1. The number of aromatic nitrogens is 2. The predicted octanol–water partition coefficient (Wildman–Crippen LogP) is 8.01. The molecule has 0 aliphatic carbocycles. The summed E-state index contributed by atoms with van der Waals surface area (Å²) in [6.45, 7) is 17.9. The number of carboxylic acid groups (broad SMARTS) is 1. The van der Waals surface area contributed by atoms with E-state index in [1.807, 2.05) is 13.0 Å². The highest BCUT2D eigenvalue weighted by molar-refractivity contribution is 6.76. The number of hydrogen-bond acceptors (Lipinski definition) is 5. The van der Waals surface area contributed by atoms with Crippen LogP contribution in [0.2, 0.25) is 56.4 Å². The number of ether oxygens (including phenoxy) is 3. The van der Waals surface area contributed by atoms with Crippen LogP contribution in [0.5, 0.6) is 0 Å². The van der Waals surface area contributed by atoms with Gasteiger partial charge < -0.3 is 24.2 Å². The lowest BCUT2D eigenvalue weighted by atomic mass is 9.73. The van der Waals surface area contributed by atoms with Crippen molar-refractivity contribution in [1.82, 2.24) is 14.0 Å². The van der Waals surface area contributed by atoms with Crippen molar-refractivity contribution in [2.24, 2.45) is 0 Å². The Hall–Kier alpha value is -2.49. The highest BCUT2D eigenvalue weighted by Gasteiger charge is 2.38. The van der Waals surface area contributed by atoms with E-state index in [2.05, 4.69) is 39.3 Å². The van der Waals surface area contributed by atoms with Crippen molar-refractivity contribution in [3.05, 3.63) is 68.8 Å². The first-order chi connectivity index (χ1) is 22.0. The van der Waals surface area contributed by atoms with Gasteiger partial charge in [0.15, 0.2) is 0 Å². The van der Waals surface area contributed by atoms with Crippen LogP contribution in [-0.4, -0.2) is 74.3 Å². The molecule has 1 unspecified atom stereocenters. The molecule has 1 aromatic heterocycles. The summed E-state index contributed by atoms with van der Waals surface area (Å²) in [4.78, 5) is 27.0. The van der Waals surface area contributed by atoms with Gasteiger partial charge in [-0.05, 0) is 61.7 Å². The van der Waals surface area contributed by atoms with E-state index in [0.717, 1.165) is 23.2 Å². The molecule has 1 atom stereocenters. The number of amides is 1. The van der Waals surface area contributed by atoms with Gasteiger partial charge >= 0.3 is 11.8 Å². The fourth-order valence-electron chi connectivity index (χ4n) is 5.89. The first-order valence-electron chi connectivity index (χ1n) is 16.4. The van der Waals surface area contributed by atoms with Crippen molar-refractivity contribution < 1.29 is 28.5 Å². The molecular weight excluding hydrogens is 657 g/mol. The molecule has 0 saturated carbocycles. The zero-order chi connectivity index (χ0) is 34.6. The van der Waals surface area contributed by atoms with Crippen molar-refractivity contribution >= 4 is 44.9 Å². The summed E-state index contributed by atoms with van der Waals surface area (Å²) < 4.78 is 35.9. The van der Waals surface area contributed by atoms with E-state index < -0.39 is 33.8 Å². The Bertz CT molecular complexity index is 1570. The van der Waals surface area contributed by atoms with Gasteiger partial charge in [-0.2, -0.15) is 0 Å². The Labute approximate surface area is 284 Å². The van der Waals surface area contributed by atoms with Crippen molar-refractivity contribution in [3.63, 3.8) is 0 Å². The fourth-order valence-corrected chi connectivity index (χ4v) is 7.63. The maximum absolute atomic E-state index is 13.9. The summed E-state index contributed by atoms with van der Waals surface area (Å²) in [6, 6.07) is 12.0. The molecule has 0 bridgehead atoms. The minimum atomic E-state index is -1.34. The van der Waals surface area contributed by atoms with E-state index in [4.69, 9.17) is 25.8 Å². The Balaban J connectivity index is 1.67. The van der Waals surface area contributed by atoms with Crippen LogP contribution in [0.1, 0.15) is 37.0 Å². The summed E-state index contributed by atoms with van der Waals surface area (Å²) in [5.41, 5.74) is 2.24. The molecule has 1 N–H and O–H groups in total. The molecule has 1 aliphatic rings. The summed E-state index contributed by atoms with van der Waals surface area (Å²) in [6.07, 6.45) is -0.373. The molecule has 1 aliphatic heterocycles. The Morgan fingerprint density at radius 2 is 1.51 bits per heavy atom. The normalized spacial score (nSPS) is 16.1. The number of benzene rings is 2. The molecule has 1 saturated heterocycles. The number of fused-ring (bicyclic) bond motifs is 1. The molecule has 260 valence electrons. The largest absolute Gasteiger partial charge is 0.465 e. The van der Waals surface area contributed by atoms with Gasteiger partial charge in [0.05, 0.1) is 23.7 Å². The first-order valence-corrected chi connectivity index (χ1v) is 24.2. The third-order valence-corrected chi connectivity index (χ3v) is 12.7. The number of nitrogens with zero attached hydrogens (tertiary/aromatic N) is 3. The second-order valence-electron chi connectivity index (χ2n) is 15.2. The number of likely N-dealkylation sites (tertiary alicyclic amines) is 1. The van der Waals surface area contributed by atoms with E-state index in [0.29, 0.717) is 55.2 Å². The molecule has 4 rings (SSSR count). The van der Waals surface area contributed by atoms with Crippen molar-refractivity contribution in [1.29, 1.82) is 0 Å². The van der Waals surface area contributed by atoms with Crippen molar-refractivity contribution in [3.8, 4) is 0 Å². The zero-order valence-corrected chi connectivity index (χ0v) is 31.7. The van der Waals surface area contributed by atoms with E-state index in [9.17, 15) is 19.1 Å². The molecule has 47 heavy (non-hydrogen) atoms. The molecule has 1 amide bonds. The summed E-state index contributed by atoms with van der Waals surface area (Å²) in [7, 11) is -2.65. The minimum absolute atomic E-state index is 0.0909. The fraction of sp³-hybridized carbons (Fsp3) is 0.588. The van der Waals surface area contributed by atoms with Crippen LogP contribution in [0.3, 0.4) is 0 Å². The predicted molar refractivity (Wildman–Crippen MR) is 191 cm³/mol. The molecule has 3 aromatic rings. The van der Waals surface area contributed by atoms with Gasteiger partial charge in [0.2, 0.25) is 0 Å². The van der Waals surface area contributed by atoms with Gasteiger partial charge in [0.1, 0.15) is 19.3 Å². The van der Waals surface area contributed by atoms with Crippen LogP contribution >= 0.6 is 11.6 Å². The molecule has 1 fully saturated rings. The Morgan fingerprint density at radius 1 is 0.957 bits per heavy atom. The SMILES string of the molecule is CC(OCC1(c2ccc(F)cc2)CCN(C(=O)O)CC1)c1cc(Cl)cc2c1n(COCC[Si](C)(C)C)c(=O)n2COCC[Si](C)(C)C. The van der Waals surface area contributed by atoms with Crippen LogP contribution in [0.4, 0.5) is 9.18 Å². The molecule has 2 aromatic carbocycles. The molecule has 2 heterocycles. The summed E-state index contributed by atoms with van der Waals surface area (Å²) >= 11 is 6.69. The standard InChI is InChI=1S/C34H51ClFN3O6Si2/c1-25(45-22-34(26-8-10-28(36)11-9-26)12-14-37(15-13-34)33(41)42)29-20-27(35)21-30-31(29)39(24-44-17-19-47(5,6)7)32(40)38(30)23-43-16-18-46(2,3)4/h8-11,20-21,25H,12-19,22-24H2,1-7H3,(H,41,42). The molecule has 0 radical (unpaired) electrons. The monoisotopic (exact) mass is 707 g/mol. The van der Waals surface area contributed by atoms with Gasteiger partial charge in [-0.25, -0.2) is 14.0 Å². The molecule has 0 spiro atoms. The summed E-state index contributed by atoms with van der Waals surface area (Å²) in [5.74, 6) is -0.332. The van der Waals surface area contributed by atoms with Crippen LogP contribution in [-0.2, 0) is 33.1 Å². The van der Waals surface area contributed by atoms with Gasteiger partial charge in [0.25, 0.3) is 0 Å². The van der Waals surface area contributed by atoms with Gasteiger partial charge in [0, 0.05) is 58.5 Å². The number of halogens is 2. The lowest BCUT2D eigenvalue weighted by Gasteiger charge is -2.41. The average Bonchev–Trinajstić information content (AvgIpc) is 3.25. The maximum atomic E-state index is 13.9. The molecular formula is C34H51ClFN3O6Si2. The third-order valence-electron chi connectivity index (χ3n) is 9.04. The zero-order valence-electron chi connectivity index (χ0n) is 28.9. The van der Waals surface area contributed by atoms with Crippen LogP contribution in [0.25, 0.3) is 11.0 Å². The van der Waals surface area contributed by atoms with Crippen molar-refractivity contribution in [2.75, 3.05) is 32.9 Å². The quantitative estimate of drug-likeness (QED) is 0.127. The number of hydrogen-bond donors (Lipinski definition) is 1. The smallest absolute Gasteiger partial charge is 0.407 e.